The van der Waals surface area contributed by atoms with E-state index in [9.17, 15) is 4.79 Å². The Morgan fingerprint density at radius 2 is 2.27 bits per heavy atom. The van der Waals surface area contributed by atoms with Gasteiger partial charge in [-0.05, 0) is 18.9 Å². The fourth-order valence-electron chi connectivity index (χ4n) is 2.22. The first-order chi connectivity index (χ1) is 7.27. The molecule has 0 aliphatic heterocycles. The van der Waals surface area contributed by atoms with Crippen LogP contribution in [0.4, 0.5) is 0 Å². The van der Waals surface area contributed by atoms with E-state index in [1.165, 1.54) is 12.8 Å². The topological polar surface area (TPSA) is 33.5 Å². The fourth-order valence-corrected chi connectivity index (χ4v) is 2.22. The van der Waals surface area contributed by atoms with E-state index in [2.05, 4.69) is 0 Å². The standard InChI is InChI=1S/C12H17NO2/c1-13(8-10-6-7-15-9-10)12(14)11-4-2-3-5-11/h6-7,9,11H,2-5,8H2,1H3. The van der Waals surface area contributed by atoms with Crippen LogP contribution < -0.4 is 0 Å². The summed E-state index contributed by atoms with van der Waals surface area (Å²) in [5.74, 6) is 0.551. The van der Waals surface area contributed by atoms with E-state index < -0.39 is 0 Å². The Morgan fingerprint density at radius 3 is 2.87 bits per heavy atom. The molecule has 0 radical (unpaired) electrons. The number of hydrogen-bond acceptors (Lipinski definition) is 2. The molecule has 3 nitrogen and oxygen atoms in total. The molecular formula is C12H17NO2. The van der Waals surface area contributed by atoms with Gasteiger partial charge in [-0.2, -0.15) is 0 Å². The van der Waals surface area contributed by atoms with Crippen LogP contribution in [0.5, 0.6) is 0 Å². The van der Waals surface area contributed by atoms with Crippen LogP contribution in [0.25, 0.3) is 0 Å². The summed E-state index contributed by atoms with van der Waals surface area (Å²) >= 11 is 0. The summed E-state index contributed by atoms with van der Waals surface area (Å²) in [4.78, 5) is 13.8. The molecule has 0 saturated heterocycles. The summed E-state index contributed by atoms with van der Waals surface area (Å²) in [6, 6.07) is 1.90. The van der Waals surface area contributed by atoms with Gasteiger partial charge in [0.05, 0.1) is 12.5 Å². The van der Waals surface area contributed by atoms with Crippen molar-refractivity contribution in [2.24, 2.45) is 5.92 Å². The fraction of sp³-hybridized carbons (Fsp3) is 0.583. The lowest BCUT2D eigenvalue weighted by Gasteiger charge is -2.20. The van der Waals surface area contributed by atoms with Crippen LogP contribution >= 0.6 is 0 Å². The lowest BCUT2D eigenvalue weighted by Crippen LogP contribution is -2.31. The van der Waals surface area contributed by atoms with Gasteiger partial charge in [0, 0.05) is 25.1 Å². The van der Waals surface area contributed by atoms with Crippen LogP contribution in [0.3, 0.4) is 0 Å². The van der Waals surface area contributed by atoms with E-state index in [1.807, 2.05) is 13.1 Å². The molecule has 1 aliphatic rings. The molecule has 0 aromatic carbocycles. The van der Waals surface area contributed by atoms with Crippen LogP contribution in [0.15, 0.2) is 23.0 Å². The summed E-state index contributed by atoms with van der Waals surface area (Å²) in [6.45, 7) is 0.659. The number of carbonyl (C=O) groups excluding carboxylic acids is 1. The third kappa shape index (κ3) is 2.41. The molecule has 1 heterocycles. The minimum absolute atomic E-state index is 0.266. The highest BCUT2D eigenvalue weighted by molar-refractivity contribution is 5.78. The van der Waals surface area contributed by atoms with Crippen molar-refractivity contribution in [2.45, 2.75) is 32.2 Å². The van der Waals surface area contributed by atoms with Crippen LogP contribution in [0, 0.1) is 5.92 Å². The van der Waals surface area contributed by atoms with Gasteiger partial charge in [-0.3, -0.25) is 4.79 Å². The Kier molecular flexibility index (Phi) is 3.09. The molecule has 0 N–H and O–H groups in total. The first-order valence-corrected chi connectivity index (χ1v) is 5.53. The molecule has 1 amide bonds. The van der Waals surface area contributed by atoms with E-state index >= 15 is 0 Å². The molecule has 1 aliphatic carbocycles. The smallest absolute Gasteiger partial charge is 0.225 e. The zero-order valence-electron chi connectivity index (χ0n) is 9.11. The first-order valence-electron chi connectivity index (χ1n) is 5.53. The van der Waals surface area contributed by atoms with E-state index in [0.29, 0.717) is 6.54 Å². The van der Waals surface area contributed by atoms with Crippen LogP contribution in [-0.2, 0) is 11.3 Å². The normalized spacial score (nSPS) is 16.9. The van der Waals surface area contributed by atoms with Gasteiger partial charge in [-0.1, -0.05) is 12.8 Å². The highest BCUT2D eigenvalue weighted by Crippen LogP contribution is 2.26. The summed E-state index contributed by atoms with van der Waals surface area (Å²) in [6.07, 6.45) is 7.87. The van der Waals surface area contributed by atoms with Gasteiger partial charge < -0.3 is 9.32 Å². The van der Waals surface area contributed by atoms with Crippen molar-refractivity contribution in [3.05, 3.63) is 24.2 Å². The van der Waals surface area contributed by atoms with Gasteiger partial charge in [-0.15, -0.1) is 0 Å². The van der Waals surface area contributed by atoms with Crippen molar-refractivity contribution in [3.63, 3.8) is 0 Å². The minimum Gasteiger partial charge on any atom is -0.472 e. The Labute approximate surface area is 90.1 Å². The van der Waals surface area contributed by atoms with Crippen molar-refractivity contribution < 1.29 is 9.21 Å². The lowest BCUT2D eigenvalue weighted by atomic mass is 10.1. The number of furan rings is 1. The lowest BCUT2D eigenvalue weighted by molar-refractivity contribution is -0.134. The van der Waals surface area contributed by atoms with Gasteiger partial charge in [0.15, 0.2) is 0 Å². The van der Waals surface area contributed by atoms with Crippen molar-refractivity contribution in [1.29, 1.82) is 0 Å². The van der Waals surface area contributed by atoms with Gasteiger partial charge in [-0.25, -0.2) is 0 Å². The van der Waals surface area contributed by atoms with Crippen molar-refractivity contribution in [1.82, 2.24) is 4.90 Å². The van der Waals surface area contributed by atoms with E-state index in [4.69, 9.17) is 4.42 Å². The maximum atomic E-state index is 12.0. The zero-order chi connectivity index (χ0) is 10.7. The third-order valence-corrected chi connectivity index (χ3v) is 3.08. The molecule has 82 valence electrons. The summed E-state index contributed by atoms with van der Waals surface area (Å²) in [7, 11) is 1.87. The molecule has 0 unspecified atom stereocenters. The van der Waals surface area contributed by atoms with Gasteiger partial charge in [0.25, 0.3) is 0 Å². The molecule has 1 fully saturated rings. The third-order valence-electron chi connectivity index (χ3n) is 3.08. The van der Waals surface area contributed by atoms with Crippen LogP contribution in [0.2, 0.25) is 0 Å². The largest absolute Gasteiger partial charge is 0.472 e. The van der Waals surface area contributed by atoms with E-state index in [0.717, 1.165) is 18.4 Å². The molecule has 15 heavy (non-hydrogen) atoms. The molecule has 0 spiro atoms. The average molecular weight is 207 g/mol. The second kappa shape index (κ2) is 4.51. The maximum absolute atomic E-state index is 12.0. The van der Waals surface area contributed by atoms with Gasteiger partial charge in [0.2, 0.25) is 5.91 Å². The highest BCUT2D eigenvalue weighted by Gasteiger charge is 2.25. The second-order valence-corrected chi connectivity index (χ2v) is 4.31. The zero-order valence-corrected chi connectivity index (χ0v) is 9.11. The minimum atomic E-state index is 0.266. The average Bonchev–Trinajstić information content (AvgIpc) is 2.88. The highest BCUT2D eigenvalue weighted by atomic mass is 16.3. The van der Waals surface area contributed by atoms with E-state index in [1.54, 1.807) is 17.4 Å². The summed E-state index contributed by atoms with van der Waals surface area (Å²) < 4.78 is 4.98. The van der Waals surface area contributed by atoms with E-state index in [-0.39, 0.29) is 11.8 Å². The SMILES string of the molecule is CN(Cc1ccoc1)C(=O)C1CCCC1. The Balaban J connectivity index is 1.89. The Hall–Kier alpha value is -1.25. The number of amides is 1. The molecule has 1 aromatic heterocycles. The van der Waals surface area contributed by atoms with Crippen LogP contribution in [0.1, 0.15) is 31.2 Å². The van der Waals surface area contributed by atoms with Gasteiger partial charge in [0.1, 0.15) is 0 Å². The van der Waals surface area contributed by atoms with Crippen molar-refractivity contribution in [3.8, 4) is 0 Å². The molecule has 3 heteroatoms. The predicted molar refractivity (Wildman–Crippen MR) is 57.1 cm³/mol. The monoisotopic (exact) mass is 207 g/mol. The van der Waals surface area contributed by atoms with Gasteiger partial charge >= 0.3 is 0 Å². The Bertz CT molecular complexity index is 312. The van der Waals surface area contributed by atoms with Crippen LogP contribution in [-0.4, -0.2) is 17.9 Å². The molecule has 0 atom stereocenters. The molecular weight excluding hydrogens is 190 g/mol. The quantitative estimate of drug-likeness (QED) is 0.762. The number of carbonyl (C=O) groups is 1. The maximum Gasteiger partial charge on any atom is 0.225 e. The predicted octanol–water partition coefficient (Wildman–Crippen LogP) is 2.43. The molecule has 2 rings (SSSR count). The molecule has 1 aromatic rings. The van der Waals surface area contributed by atoms with Crippen molar-refractivity contribution in [2.75, 3.05) is 7.05 Å². The number of hydrogen-bond donors (Lipinski definition) is 0. The number of nitrogens with zero attached hydrogens (tertiary/aromatic N) is 1. The second-order valence-electron chi connectivity index (χ2n) is 4.31. The molecule has 1 saturated carbocycles. The summed E-state index contributed by atoms with van der Waals surface area (Å²) in [5.41, 5.74) is 1.06. The molecule has 0 bridgehead atoms. The van der Waals surface area contributed by atoms with Crippen molar-refractivity contribution >= 4 is 5.91 Å². The number of rotatable bonds is 3. The Morgan fingerprint density at radius 1 is 1.53 bits per heavy atom. The summed E-state index contributed by atoms with van der Waals surface area (Å²) in [5, 5.41) is 0. The first kappa shape index (κ1) is 10.3.